The van der Waals surface area contributed by atoms with Crippen LogP contribution in [0.1, 0.15) is 41.9 Å². The first-order valence-corrected chi connectivity index (χ1v) is 11.9. The van der Waals surface area contributed by atoms with E-state index in [1.165, 1.54) is 6.42 Å². The number of thiazole rings is 1. The number of nitrogens with zero attached hydrogens (tertiary/aromatic N) is 3. The maximum Gasteiger partial charge on any atom is 0.317 e. The lowest BCUT2D eigenvalue weighted by molar-refractivity contribution is -0.0201. The lowest BCUT2D eigenvalue weighted by Crippen LogP contribution is -2.48. The molecule has 2 aromatic rings. The SMILES string of the molecule is COCC1CCCN1Cc1nc(C2(O)CCN(C(=O)NCc3ccccc3)CC2)cs1. The van der Waals surface area contributed by atoms with Crippen LogP contribution in [0.2, 0.25) is 0 Å². The molecule has 8 heteroatoms. The average Bonchev–Trinajstić information content (AvgIpc) is 3.44. The molecule has 168 valence electrons. The number of piperidine rings is 1. The molecule has 0 saturated carbocycles. The van der Waals surface area contributed by atoms with Crippen LogP contribution in [0.4, 0.5) is 4.79 Å². The molecule has 2 amide bonds. The lowest BCUT2D eigenvalue weighted by atomic mass is 9.89. The Hall–Kier alpha value is -2.00. The Morgan fingerprint density at radius 2 is 2.06 bits per heavy atom. The predicted octanol–water partition coefficient (Wildman–Crippen LogP) is 2.95. The van der Waals surface area contributed by atoms with Gasteiger partial charge < -0.3 is 20.1 Å². The van der Waals surface area contributed by atoms with Gasteiger partial charge in [-0.05, 0) is 37.8 Å². The fourth-order valence-electron chi connectivity index (χ4n) is 4.48. The highest BCUT2D eigenvalue weighted by Gasteiger charge is 2.37. The molecule has 1 atom stereocenters. The summed E-state index contributed by atoms with van der Waals surface area (Å²) < 4.78 is 5.35. The van der Waals surface area contributed by atoms with E-state index in [9.17, 15) is 9.90 Å². The van der Waals surface area contributed by atoms with Crippen molar-refractivity contribution in [2.24, 2.45) is 0 Å². The van der Waals surface area contributed by atoms with Crippen molar-refractivity contribution in [3.8, 4) is 0 Å². The number of benzene rings is 1. The third-order valence-corrected chi connectivity index (χ3v) is 7.22. The third kappa shape index (κ3) is 5.44. The Morgan fingerprint density at radius 1 is 1.29 bits per heavy atom. The van der Waals surface area contributed by atoms with Crippen molar-refractivity contribution in [1.29, 1.82) is 0 Å². The van der Waals surface area contributed by atoms with Gasteiger partial charge in [-0.2, -0.15) is 0 Å². The number of likely N-dealkylation sites (tertiary alicyclic amines) is 2. The quantitative estimate of drug-likeness (QED) is 0.687. The molecule has 0 radical (unpaired) electrons. The smallest absolute Gasteiger partial charge is 0.317 e. The first-order chi connectivity index (χ1) is 15.1. The van der Waals surface area contributed by atoms with Crippen LogP contribution in [0.15, 0.2) is 35.7 Å². The summed E-state index contributed by atoms with van der Waals surface area (Å²) >= 11 is 1.62. The molecule has 1 aromatic carbocycles. The van der Waals surface area contributed by atoms with E-state index in [0.29, 0.717) is 38.5 Å². The molecular formula is C23H32N4O3S. The average molecular weight is 445 g/mol. The Bertz CT molecular complexity index is 852. The summed E-state index contributed by atoms with van der Waals surface area (Å²) in [6, 6.07) is 10.3. The maximum atomic E-state index is 12.5. The monoisotopic (exact) mass is 444 g/mol. The molecule has 1 unspecified atom stereocenters. The molecule has 2 aliphatic rings. The highest BCUT2D eigenvalue weighted by molar-refractivity contribution is 7.09. The molecule has 1 aromatic heterocycles. The molecular weight excluding hydrogens is 412 g/mol. The molecule has 3 heterocycles. The summed E-state index contributed by atoms with van der Waals surface area (Å²) in [5, 5.41) is 17.2. The number of aromatic nitrogens is 1. The standard InChI is InChI=1S/C23H32N4O3S/c1-30-16-19-8-5-11-27(19)15-21-25-20(17-31-21)23(29)9-12-26(13-10-23)22(28)24-14-18-6-3-2-4-7-18/h2-4,6-7,17,19,29H,5,8-16H2,1H3,(H,24,28). The van der Waals surface area contributed by atoms with Gasteiger partial charge in [0.05, 0.1) is 18.8 Å². The fraction of sp³-hybridized carbons (Fsp3) is 0.565. The second-order valence-electron chi connectivity index (χ2n) is 8.51. The molecule has 7 nitrogen and oxygen atoms in total. The summed E-state index contributed by atoms with van der Waals surface area (Å²) in [5.41, 5.74) is 0.867. The number of urea groups is 1. The van der Waals surface area contributed by atoms with Crippen LogP contribution in [0.25, 0.3) is 0 Å². The second-order valence-corrected chi connectivity index (χ2v) is 9.45. The number of amides is 2. The van der Waals surface area contributed by atoms with Gasteiger partial charge in [0.15, 0.2) is 0 Å². The summed E-state index contributed by atoms with van der Waals surface area (Å²) in [6.45, 7) is 4.18. The van der Waals surface area contributed by atoms with Gasteiger partial charge in [-0.3, -0.25) is 4.90 Å². The van der Waals surface area contributed by atoms with E-state index in [1.807, 2.05) is 35.7 Å². The number of carbonyl (C=O) groups excluding carboxylic acids is 1. The molecule has 31 heavy (non-hydrogen) atoms. The number of carbonyl (C=O) groups is 1. The minimum Gasteiger partial charge on any atom is -0.383 e. The van der Waals surface area contributed by atoms with Gasteiger partial charge in [-0.15, -0.1) is 11.3 Å². The first kappa shape index (κ1) is 22.2. The van der Waals surface area contributed by atoms with Crippen molar-refractivity contribution in [3.63, 3.8) is 0 Å². The van der Waals surface area contributed by atoms with Crippen LogP contribution in [0.5, 0.6) is 0 Å². The molecule has 2 saturated heterocycles. The van der Waals surface area contributed by atoms with Gasteiger partial charge >= 0.3 is 6.03 Å². The minimum atomic E-state index is -0.956. The van der Waals surface area contributed by atoms with Gasteiger partial charge in [-0.1, -0.05) is 30.3 Å². The lowest BCUT2D eigenvalue weighted by Gasteiger charge is -2.37. The Balaban J connectivity index is 1.29. The van der Waals surface area contributed by atoms with Gasteiger partial charge in [-0.25, -0.2) is 9.78 Å². The Morgan fingerprint density at radius 3 is 2.81 bits per heavy atom. The van der Waals surface area contributed by atoms with Gasteiger partial charge in [0, 0.05) is 38.2 Å². The summed E-state index contributed by atoms with van der Waals surface area (Å²) in [7, 11) is 1.75. The highest BCUT2D eigenvalue weighted by atomic mass is 32.1. The van der Waals surface area contributed by atoms with Crippen LogP contribution < -0.4 is 5.32 Å². The van der Waals surface area contributed by atoms with Gasteiger partial charge in [0.25, 0.3) is 0 Å². The number of hydrogen-bond acceptors (Lipinski definition) is 6. The molecule has 2 aliphatic heterocycles. The van der Waals surface area contributed by atoms with Crippen LogP contribution in [0.3, 0.4) is 0 Å². The van der Waals surface area contributed by atoms with Crippen molar-refractivity contribution >= 4 is 17.4 Å². The predicted molar refractivity (Wildman–Crippen MR) is 121 cm³/mol. The molecule has 0 aliphatic carbocycles. The summed E-state index contributed by atoms with van der Waals surface area (Å²) in [5.74, 6) is 0. The first-order valence-electron chi connectivity index (χ1n) is 11.0. The summed E-state index contributed by atoms with van der Waals surface area (Å²) in [6.07, 6.45) is 3.37. The number of hydrogen-bond donors (Lipinski definition) is 2. The zero-order chi connectivity index (χ0) is 21.7. The highest BCUT2D eigenvalue weighted by Crippen LogP contribution is 2.34. The van der Waals surface area contributed by atoms with Gasteiger partial charge in [0.1, 0.15) is 10.6 Å². The van der Waals surface area contributed by atoms with E-state index in [4.69, 9.17) is 9.72 Å². The largest absolute Gasteiger partial charge is 0.383 e. The van der Waals surface area contributed by atoms with Crippen LogP contribution in [-0.2, 0) is 23.4 Å². The van der Waals surface area contributed by atoms with Crippen LogP contribution in [0, 0.1) is 0 Å². The molecule has 2 N–H and O–H groups in total. The molecule has 0 spiro atoms. The van der Waals surface area contributed by atoms with Crippen molar-refractivity contribution < 1.29 is 14.6 Å². The molecule has 4 rings (SSSR count). The van der Waals surface area contributed by atoms with Gasteiger partial charge in [0.2, 0.25) is 0 Å². The normalized spacial score (nSPS) is 21.4. The van der Waals surface area contributed by atoms with Crippen molar-refractivity contribution in [2.75, 3.05) is 33.4 Å². The zero-order valence-corrected chi connectivity index (χ0v) is 18.9. The Kier molecular flexibility index (Phi) is 7.22. The Labute approximate surface area is 188 Å². The summed E-state index contributed by atoms with van der Waals surface area (Å²) in [4.78, 5) is 21.5. The molecule has 2 fully saturated rings. The van der Waals surface area contributed by atoms with E-state index in [2.05, 4.69) is 10.2 Å². The number of ether oxygens (including phenoxy) is 1. The van der Waals surface area contributed by atoms with Crippen LogP contribution >= 0.6 is 11.3 Å². The van der Waals surface area contributed by atoms with Crippen LogP contribution in [-0.4, -0.2) is 65.3 Å². The fourth-order valence-corrected chi connectivity index (χ4v) is 5.39. The van der Waals surface area contributed by atoms with E-state index in [1.54, 1.807) is 23.3 Å². The van der Waals surface area contributed by atoms with Crippen molar-refractivity contribution in [3.05, 3.63) is 52.0 Å². The number of rotatable bonds is 7. The van der Waals surface area contributed by atoms with E-state index in [-0.39, 0.29) is 6.03 Å². The minimum absolute atomic E-state index is 0.0805. The van der Waals surface area contributed by atoms with Crippen molar-refractivity contribution in [2.45, 2.75) is 50.4 Å². The number of nitrogens with one attached hydrogen (secondary N) is 1. The molecule has 0 bridgehead atoms. The maximum absolute atomic E-state index is 12.5. The van der Waals surface area contributed by atoms with Crippen molar-refractivity contribution in [1.82, 2.24) is 20.1 Å². The third-order valence-electron chi connectivity index (χ3n) is 6.39. The number of methoxy groups -OCH3 is 1. The number of aliphatic hydroxyl groups is 1. The second kappa shape index (κ2) is 10.1. The van der Waals surface area contributed by atoms with E-state index >= 15 is 0 Å². The zero-order valence-electron chi connectivity index (χ0n) is 18.1. The topological polar surface area (TPSA) is 77.9 Å². The van der Waals surface area contributed by atoms with E-state index in [0.717, 1.165) is 42.4 Å². The van der Waals surface area contributed by atoms with E-state index < -0.39 is 5.60 Å².